The van der Waals surface area contributed by atoms with E-state index in [2.05, 4.69) is 217 Å². The monoisotopic (exact) mass is 741 g/mol. The van der Waals surface area contributed by atoms with Crippen molar-refractivity contribution in [2.45, 2.75) is 5.41 Å². The van der Waals surface area contributed by atoms with E-state index < -0.39 is 5.41 Å². The van der Waals surface area contributed by atoms with Crippen LogP contribution in [0.1, 0.15) is 22.3 Å². The Hall–Kier alpha value is -7.00. The van der Waals surface area contributed by atoms with Crippen molar-refractivity contribution >= 4 is 53.3 Å². The summed E-state index contributed by atoms with van der Waals surface area (Å²) in [7, 11) is 0. The van der Waals surface area contributed by atoms with Crippen LogP contribution in [0.5, 0.6) is 0 Å². The van der Waals surface area contributed by atoms with Gasteiger partial charge in [-0.05, 0) is 110 Å². The first-order valence-electron chi connectivity index (χ1n) is 19.7. The molecule has 9 aromatic carbocycles. The molecule has 0 aliphatic heterocycles. The molecule has 2 heterocycles. The quantitative estimate of drug-likeness (QED) is 0.166. The Morgan fingerprint density at radius 2 is 0.860 bits per heavy atom. The average molecular weight is 742 g/mol. The van der Waals surface area contributed by atoms with Gasteiger partial charge >= 0.3 is 0 Å². The van der Waals surface area contributed by atoms with Crippen LogP contribution < -0.4 is 0 Å². The molecule has 0 spiro atoms. The standard InChI is InChI=1S/C55H35NS/c1-5-15-36(16-6-1)38-25-29-51-46(31-38)47-32-39(37-17-7-2-8-18-37)26-30-52(47)56(51)42-27-28-43-45-34-48-44-23-13-14-24-53(44)57-54(48)35-50(45)55(49(43)33-42,40-19-9-3-10-20-40)41-21-11-4-12-22-41/h1-35H. The summed E-state index contributed by atoms with van der Waals surface area (Å²) < 4.78 is 5.14. The SMILES string of the molecule is c1ccc(-c2ccc3c(c2)c2cc(-c4ccccc4)ccc2n3-c2ccc3c(c2)C(c2ccccc2)(c2ccccc2)c2cc4sc5ccccc5c4cc2-3)cc1. The van der Waals surface area contributed by atoms with Gasteiger partial charge in [-0.3, -0.25) is 0 Å². The maximum atomic E-state index is 2.51. The lowest BCUT2D eigenvalue weighted by atomic mass is 9.67. The molecule has 1 aliphatic carbocycles. The number of nitrogens with zero attached hydrogens (tertiary/aromatic N) is 1. The lowest BCUT2D eigenvalue weighted by Crippen LogP contribution is -2.28. The smallest absolute Gasteiger partial charge is 0.0714 e. The van der Waals surface area contributed by atoms with Crippen molar-refractivity contribution in [1.29, 1.82) is 0 Å². The molecule has 0 bridgehead atoms. The van der Waals surface area contributed by atoms with E-state index in [9.17, 15) is 0 Å². The summed E-state index contributed by atoms with van der Waals surface area (Å²) in [5.41, 5.74) is 15.7. The summed E-state index contributed by atoms with van der Waals surface area (Å²) >= 11 is 1.90. The van der Waals surface area contributed by atoms with Crippen LogP contribution in [0.3, 0.4) is 0 Å². The zero-order valence-electron chi connectivity index (χ0n) is 31.1. The van der Waals surface area contributed by atoms with Crippen LogP contribution >= 0.6 is 11.3 Å². The second kappa shape index (κ2) is 12.5. The van der Waals surface area contributed by atoms with Crippen molar-refractivity contribution in [2.24, 2.45) is 0 Å². The molecule has 11 aromatic rings. The molecule has 0 N–H and O–H groups in total. The van der Waals surface area contributed by atoms with Gasteiger partial charge in [0.15, 0.2) is 0 Å². The number of fused-ring (bicyclic) bond motifs is 9. The molecule has 12 rings (SSSR count). The Kier molecular flexibility index (Phi) is 7.08. The highest BCUT2D eigenvalue weighted by atomic mass is 32.1. The lowest BCUT2D eigenvalue weighted by molar-refractivity contribution is 0.769. The third kappa shape index (κ3) is 4.75. The van der Waals surface area contributed by atoms with Gasteiger partial charge in [0.2, 0.25) is 0 Å². The largest absolute Gasteiger partial charge is 0.309 e. The molecule has 266 valence electrons. The number of hydrogen-bond donors (Lipinski definition) is 0. The Bertz CT molecular complexity index is 3180. The molecule has 57 heavy (non-hydrogen) atoms. The first-order valence-corrected chi connectivity index (χ1v) is 20.5. The zero-order chi connectivity index (χ0) is 37.5. The molecule has 0 radical (unpaired) electrons. The van der Waals surface area contributed by atoms with Crippen molar-refractivity contribution in [3.05, 3.63) is 235 Å². The van der Waals surface area contributed by atoms with Crippen molar-refractivity contribution < 1.29 is 0 Å². The molecule has 0 fully saturated rings. The Morgan fingerprint density at radius 3 is 1.46 bits per heavy atom. The Labute approximate surface area is 335 Å². The van der Waals surface area contributed by atoms with E-state index in [1.807, 2.05) is 11.3 Å². The highest BCUT2D eigenvalue weighted by Crippen LogP contribution is 2.58. The first-order chi connectivity index (χ1) is 28.3. The minimum Gasteiger partial charge on any atom is -0.309 e. The normalized spacial score (nSPS) is 13.1. The van der Waals surface area contributed by atoms with Gasteiger partial charge in [0.05, 0.1) is 16.4 Å². The zero-order valence-corrected chi connectivity index (χ0v) is 31.9. The van der Waals surface area contributed by atoms with E-state index in [0.717, 1.165) is 5.69 Å². The van der Waals surface area contributed by atoms with Crippen LogP contribution in [0.15, 0.2) is 212 Å². The van der Waals surface area contributed by atoms with Gasteiger partial charge in [-0.15, -0.1) is 11.3 Å². The van der Waals surface area contributed by atoms with Crippen LogP contribution in [0.4, 0.5) is 0 Å². The molecule has 0 saturated heterocycles. The molecule has 0 unspecified atom stereocenters. The summed E-state index contributed by atoms with van der Waals surface area (Å²) in [5.74, 6) is 0. The molecule has 0 saturated carbocycles. The van der Waals surface area contributed by atoms with Gasteiger partial charge in [-0.25, -0.2) is 0 Å². The van der Waals surface area contributed by atoms with Crippen molar-refractivity contribution in [1.82, 2.24) is 4.57 Å². The number of thiophene rings is 1. The number of benzene rings is 9. The predicted molar refractivity (Wildman–Crippen MR) is 242 cm³/mol. The van der Waals surface area contributed by atoms with Gasteiger partial charge in [0.1, 0.15) is 0 Å². The molecule has 1 aliphatic rings. The van der Waals surface area contributed by atoms with E-state index in [0.29, 0.717) is 0 Å². The van der Waals surface area contributed by atoms with Gasteiger partial charge in [-0.2, -0.15) is 0 Å². The van der Waals surface area contributed by atoms with Crippen LogP contribution in [0.2, 0.25) is 0 Å². The molecule has 0 amide bonds. The topological polar surface area (TPSA) is 4.93 Å². The molecule has 0 atom stereocenters. The minimum atomic E-state index is -0.521. The van der Waals surface area contributed by atoms with Crippen molar-refractivity contribution in [3.8, 4) is 39.1 Å². The Morgan fingerprint density at radius 1 is 0.333 bits per heavy atom. The summed E-state index contributed by atoms with van der Waals surface area (Å²) in [5, 5.41) is 5.15. The van der Waals surface area contributed by atoms with Gasteiger partial charge in [0, 0.05) is 36.6 Å². The predicted octanol–water partition coefficient (Wildman–Crippen LogP) is 14.8. The summed E-state index contributed by atoms with van der Waals surface area (Å²) in [6, 6.07) is 78.9. The highest BCUT2D eigenvalue weighted by molar-refractivity contribution is 7.25. The summed E-state index contributed by atoms with van der Waals surface area (Å²) in [6.07, 6.45) is 0. The second-order valence-electron chi connectivity index (χ2n) is 15.2. The minimum absolute atomic E-state index is 0.521. The number of rotatable bonds is 5. The fourth-order valence-corrected chi connectivity index (χ4v) is 10.9. The maximum Gasteiger partial charge on any atom is 0.0714 e. The Balaban J connectivity index is 1.17. The number of aromatic nitrogens is 1. The van der Waals surface area contributed by atoms with E-state index in [1.165, 1.54) is 97.6 Å². The molecule has 1 nitrogen and oxygen atoms in total. The number of hydrogen-bond acceptors (Lipinski definition) is 1. The van der Waals surface area contributed by atoms with E-state index in [-0.39, 0.29) is 0 Å². The molecular weight excluding hydrogens is 707 g/mol. The molecular formula is C55H35NS. The van der Waals surface area contributed by atoms with E-state index in [1.54, 1.807) is 0 Å². The van der Waals surface area contributed by atoms with Crippen molar-refractivity contribution in [3.63, 3.8) is 0 Å². The fraction of sp³-hybridized carbons (Fsp3) is 0.0182. The molecule has 2 aromatic heterocycles. The van der Waals surface area contributed by atoms with Gasteiger partial charge in [-0.1, -0.05) is 158 Å². The van der Waals surface area contributed by atoms with Gasteiger partial charge < -0.3 is 4.57 Å². The summed E-state index contributed by atoms with van der Waals surface area (Å²) in [6.45, 7) is 0. The highest BCUT2D eigenvalue weighted by Gasteiger charge is 2.46. The van der Waals surface area contributed by atoms with E-state index >= 15 is 0 Å². The maximum absolute atomic E-state index is 2.51. The summed E-state index contributed by atoms with van der Waals surface area (Å²) in [4.78, 5) is 0. The van der Waals surface area contributed by atoms with E-state index in [4.69, 9.17) is 0 Å². The van der Waals surface area contributed by atoms with Gasteiger partial charge in [0.25, 0.3) is 0 Å². The van der Waals surface area contributed by atoms with Crippen LogP contribution in [0.25, 0.3) is 81.0 Å². The lowest BCUT2D eigenvalue weighted by Gasteiger charge is -2.34. The molecule has 2 heteroatoms. The van der Waals surface area contributed by atoms with Crippen LogP contribution in [-0.4, -0.2) is 4.57 Å². The van der Waals surface area contributed by atoms with Crippen LogP contribution in [0, 0.1) is 0 Å². The second-order valence-corrected chi connectivity index (χ2v) is 16.3. The first kappa shape index (κ1) is 32.3. The van der Waals surface area contributed by atoms with Crippen LogP contribution in [-0.2, 0) is 5.41 Å². The van der Waals surface area contributed by atoms with Crippen molar-refractivity contribution in [2.75, 3.05) is 0 Å². The average Bonchev–Trinajstić information content (AvgIpc) is 3.91. The third-order valence-electron chi connectivity index (χ3n) is 12.3. The fourth-order valence-electron chi connectivity index (χ4n) is 9.75. The third-order valence-corrected chi connectivity index (χ3v) is 13.4.